The van der Waals surface area contributed by atoms with Crippen LogP contribution < -0.4 is 5.32 Å². The summed E-state index contributed by atoms with van der Waals surface area (Å²) < 4.78 is 14.2. The molecular formula is C18H29BrFN. The van der Waals surface area contributed by atoms with Gasteiger partial charge in [-0.25, -0.2) is 4.39 Å². The van der Waals surface area contributed by atoms with Gasteiger partial charge in [0.2, 0.25) is 0 Å². The molecule has 0 saturated heterocycles. The first-order chi connectivity index (χ1) is 10.2. The highest BCUT2D eigenvalue weighted by molar-refractivity contribution is 9.10. The van der Waals surface area contributed by atoms with E-state index < -0.39 is 0 Å². The zero-order chi connectivity index (χ0) is 15.5. The minimum absolute atomic E-state index is 0.162. The van der Waals surface area contributed by atoms with Gasteiger partial charge in [0.1, 0.15) is 5.82 Å². The maximum Gasteiger partial charge on any atom is 0.124 e. The fourth-order valence-electron chi connectivity index (χ4n) is 2.71. The largest absolute Gasteiger partial charge is 0.317 e. The number of hydrogen-bond donors (Lipinski definition) is 1. The lowest BCUT2D eigenvalue weighted by Gasteiger charge is -2.16. The molecule has 1 N–H and O–H groups in total. The van der Waals surface area contributed by atoms with Crippen LogP contribution in [-0.4, -0.2) is 13.1 Å². The van der Waals surface area contributed by atoms with Crippen molar-refractivity contribution in [3.8, 4) is 0 Å². The van der Waals surface area contributed by atoms with Gasteiger partial charge in [0.15, 0.2) is 0 Å². The lowest BCUT2D eigenvalue weighted by Crippen LogP contribution is -2.27. The number of unbranched alkanes of at least 4 members (excludes halogenated alkanes) is 6. The number of benzene rings is 1. The third-order valence-corrected chi connectivity index (χ3v) is 4.43. The quantitative estimate of drug-likeness (QED) is 0.489. The summed E-state index contributed by atoms with van der Waals surface area (Å²) >= 11 is 3.36. The van der Waals surface area contributed by atoms with Crippen LogP contribution in [0.2, 0.25) is 0 Å². The number of halogens is 2. The molecule has 0 amide bonds. The summed E-state index contributed by atoms with van der Waals surface area (Å²) in [6.07, 6.45) is 11.4. The van der Waals surface area contributed by atoms with Crippen molar-refractivity contribution in [1.29, 1.82) is 0 Å². The van der Waals surface area contributed by atoms with E-state index in [1.54, 1.807) is 6.07 Å². The first-order valence-electron chi connectivity index (χ1n) is 8.28. The molecule has 120 valence electrons. The van der Waals surface area contributed by atoms with Gasteiger partial charge in [-0.3, -0.25) is 0 Å². The van der Waals surface area contributed by atoms with Crippen molar-refractivity contribution in [3.63, 3.8) is 0 Å². The SMILES string of the molecule is CCCCCCCCCC(Cc1cc(F)cc(Br)c1)NC. The molecule has 1 rings (SSSR count). The molecule has 0 heterocycles. The summed E-state index contributed by atoms with van der Waals surface area (Å²) in [5.74, 6) is -0.162. The average Bonchev–Trinajstić information content (AvgIpc) is 2.44. The van der Waals surface area contributed by atoms with Crippen molar-refractivity contribution in [2.75, 3.05) is 7.05 Å². The number of likely N-dealkylation sites (N-methyl/N-ethyl adjacent to an activating group) is 1. The molecule has 0 aliphatic heterocycles. The third-order valence-electron chi connectivity index (χ3n) is 3.97. The number of hydrogen-bond acceptors (Lipinski definition) is 1. The van der Waals surface area contributed by atoms with Gasteiger partial charge in [0.25, 0.3) is 0 Å². The molecule has 0 radical (unpaired) electrons. The molecule has 0 aromatic heterocycles. The van der Waals surface area contributed by atoms with Gasteiger partial charge in [-0.05, 0) is 43.7 Å². The molecule has 0 fully saturated rings. The summed E-state index contributed by atoms with van der Waals surface area (Å²) in [5, 5.41) is 3.36. The average molecular weight is 358 g/mol. The molecule has 1 aromatic rings. The highest BCUT2D eigenvalue weighted by Crippen LogP contribution is 2.18. The maximum absolute atomic E-state index is 13.4. The van der Waals surface area contributed by atoms with Crippen LogP contribution in [0.4, 0.5) is 4.39 Å². The minimum Gasteiger partial charge on any atom is -0.317 e. The van der Waals surface area contributed by atoms with Gasteiger partial charge in [0, 0.05) is 10.5 Å². The molecule has 3 heteroatoms. The Labute approximate surface area is 137 Å². The van der Waals surface area contributed by atoms with Crippen molar-refractivity contribution >= 4 is 15.9 Å². The van der Waals surface area contributed by atoms with E-state index in [4.69, 9.17) is 0 Å². The molecule has 0 saturated carbocycles. The van der Waals surface area contributed by atoms with Crippen LogP contribution in [-0.2, 0) is 6.42 Å². The molecule has 1 unspecified atom stereocenters. The summed E-state index contributed by atoms with van der Waals surface area (Å²) in [4.78, 5) is 0. The predicted octanol–water partition coefficient (Wildman–Crippen LogP) is 5.86. The lowest BCUT2D eigenvalue weighted by molar-refractivity contribution is 0.477. The smallest absolute Gasteiger partial charge is 0.124 e. The number of nitrogens with one attached hydrogen (secondary N) is 1. The first kappa shape index (κ1) is 18.6. The second-order valence-corrected chi connectivity index (χ2v) is 6.79. The standard InChI is InChI=1S/C18H29BrFN/c1-3-4-5-6-7-8-9-10-18(21-2)13-15-11-16(19)14-17(20)12-15/h11-12,14,18,21H,3-10,13H2,1-2H3. The van der Waals surface area contributed by atoms with Crippen molar-refractivity contribution in [2.24, 2.45) is 0 Å². The molecule has 0 aliphatic carbocycles. The van der Waals surface area contributed by atoms with Gasteiger partial charge in [0.05, 0.1) is 0 Å². The molecule has 0 aliphatic rings. The van der Waals surface area contributed by atoms with Crippen molar-refractivity contribution in [2.45, 2.75) is 70.8 Å². The van der Waals surface area contributed by atoms with E-state index in [0.717, 1.165) is 16.5 Å². The number of rotatable bonds is 11. The van der Waals surface area contributed by atoms with E-state index in [0.29, 0.717) is 6.04 Å². The Hall–Kier alpha value is -0.410. The van der Waals surface area contributed by atoms with Crippen molar-refractivity contribution < 1.29 is 4.39 Å². The van der Waals surface area contributed by atoms with Gasteiger partial charge in [-0.2, -0.15) is 0 Å². The molecule has 21 heavy (non-hydrogen) atoms. The minimum atomic E-state index is -0.162. The Bertz CT molecular complexity index is 375. The Morgan fingerprint density at radius 3 is 2.33 bits per heavy atom. The zero-order valence-corrected chi connectivity index (χ0v) is 15.0. The maximum atomic E-state index is 13.4. The van der Waals surface area contributed by atoms with Crippen LogP contribution in [0, 0.1) is 5.82 Å². The van der Waals surface area contributed by atoms with E-state index in [1.807, 2.05) is 13.1 Å². The zero-order valence-electron chi connectivity index (χ0n) is 13.4. The molecule has 1 nitrogen and oxygen atoms in total. The van der Waals surface area contributed by atoms with E-state index in [9.17, 15) is 4.39 Å². The third kappa shape index (κ3) is 8.57. The summed E-state index contributed by atoms with van der Waals surface area (Å²) in [5.41, 5.74) is 1.06. The molecule has 0 bridgehead atoms. The van der Waals surface area contributed by atoms with E-state index in [2.05, 4.69) is 28.2 Å². The van der Waals surface area contributed by atoms with Gasteiger partial charge >= 0.3 is 0 Å². The van der Waals surface area contributed by atoms with Crippen LogP contribution in [0.3, 0.4) is 0 Å². The Morgan fingerprint density at radius 1 is 1.05 bits per heavy atom. The Balaban J connectivity index is 2.25. The summed E-state index contributed by atoms with van der Waals surface area (Å²) in [6.45, 7) is 2.25. The Morgan fingerprint density at radius 2 is 1.71 bits per heavy atom. The monoisotopic (exact) mass is 357 g/mol. The lowest BCUT2D eigenvalue weighted by atomic mass is 9.99. The van der Waals surface area contributed by atoms with Crippen LogP contribution in [0.1, 0.15) is 63.9 Å². The Kier molecular flexibility index (Phi) is 9.94. The van der Waals surface area contributed by atoms with Crippen LogP contribution in [0.15, 0.2) is 22.7 Å². The van der Waals surface area contributed by atoms with Gasteiger partial charge in [-0.15, -0.1) is 0 Å². The topological polar surface area (TPSA) is 12.0 Å². The van der Waals surface area contributed by atoms with Crippen LogP contribution >= 0.6 is 15.9 Å². The van der Waals surface area contributed by atoms with Crippen molar-refractivity contribution in [1.82, 2.24) is 5.32 Å². The highest BCUT2D eigenvalue weighted by atomic mass is 79.9. The summed E-state index contributed by atoms with van der Waals surface area (Å²) in [6, 6.07) is 5.60. The fraction of sp³-hybridized carbons (Fsp3) is 0.667. The van der Waals surface area contributed by atoms with E-state index in [-0.39, 0.29) is 5.82 Å². The van der Waals surface area contributed by atoms with Crippen LogP contribution in [0.5, 0.6) is 0 Å². The normalized spacial score (nSPS) is 12.6. The second-order valence-electron chi connectivity index (χ2n) is 5.88. The summed E-state index contributed by atoms with van der Waals surface area (Å²) in [7, 11) is 2.00. The fourth-order valence-corrected chi connectivity index (χ4v) is 3.22. The molecule has 0 spiro atoms. The highest BCUT2D eigenvalue weighted by Gasteiger charge is 2.08. The van der Waals surface area contributed by atoms with E-state index >= 15 is 0 Å². The van der Waals surface area contributed by atoms with Gasteiger partial charge < -0.3 is 5.32 Å². The van der Waals surface area contributed by atoms with Crippen LogP contribution in [0.25, 0.3) is 0 Å². The second kappa shape index (κ2) is 11.2. The molecule has 1 atom stereocenters. The predicted molar refractivity (Wildman–Crippen MR) is 93.3 cm³/mol. The van der Waals surface area contributed by atoms with E-state index in [1.165, 1.54) is 57.4 Å². The van der Waals surface area contributed by atoms with Crippen molar-refractivity contribution in [3.05, 3.63) is 34.1 Å². The first-order valence-corrected chi connectivity index (χ1v) is 9.07. The molecular weight excluding hydrogens is 329 g/mol. The molecule has 1 aromatic carbocycles. The van der Waals surface area contributed by atoms with Gasteiger partial charge in [-0.1, -0.05) is 67.8 Å².